The van der Waals surface area contributed by atoms with Crippen LogP contribution >= 0.6 is 0 Å². The Balaban J connectivity index is 2.10. The maximum atomic E-state index is 8.73. The van der Waals surface area contributed by atoms with E-state index in [1.54, 1.807) is 12.1 Å². The standard InChI is InChI=1S/C11H14N6O2/c1-16-10-8-7(9(12)15-16)4-17(6-19-3-2-18)11(8)14-5-13-10/h4-5,18H,2-3,6H2,1H3,(H2,12,15). The van der Waals surface area contributed by atoms with Crippen LogP contribution in [0.5, 0.6) is 0 Å². The molecule has 0 aliphatic carbocycles. The van der Waals surface area contributed by atoms with Gasteiger partial charge in [-0.15, -0.1) is 0 Å². The smallest absolute Gasteiger partial charge is 0.162 e. The fourth-order valence-electron chi connectivity index (χ4n) is 2.14. The second kappa shape index (κ2) is 4.48. The Morgan fingerprint density at radius 2 is 2.26 bits per heavy atom. The summed E-state index contributed by atoms with van der Waals surface area (Å²) in [5.74, 6) is 1.14. The van der Waals surface area contributed by atoms with Crippen LogP contribution in [0.1, 0.15) is 5.56 Å². The number of ether oxygens (including phenoxy) is 1. The van der Waals surface area contributed by atoms with Crippen molar-refractivity contribution >= 4 is 22.7 Å². The molecule has 0 atom stereocenters. The predicted molar refractivity (Wildman–Crippen MR) is 69.7 cm³/mol. The number of nitrogens with zero attached hydrogens (tertiary/aromatic N) is 5. The minimum absolute atomic E-state index is 0.0153. The first-order valence-electron chi connectivity index (χ1n) is 5.83. The van der Waals surface area contributed by atoms with E-state index >= 15 is 0 Å². The van der Waals surface area contributed by atoms with Gasteiger partial charge < -0.3 is 20.1 Å². The molecule has 0 bridgehead atoms. The van der Waals surface area contributed by atoms with Crippen molar-refractivity contribution in [3.8, 4) is 0 Å². The highest BCUT2D eigenvalue weighted by Crippen LogP contribution is 2.30. The van der Waals surface area contributed by atoms with E-state index in [0.29, 0.717) is 12.6 Å². The van der Waals surface area contributed by atoms with E-state index in [0.717, 1.165) is 22.4 Å². The minimum atomic E-state index is -0.0153. The van der Waals surface area contributed by atoms with Crippen molar-refractivity contribution in [3.05, 3.63) is 18.1 Å². The summed E-state index contributed by atoms with van der Waals surface area (Å²) >= 11 is 0. The van der Waals surface area contributed by atoms with Gasteiger partial charge in [0, 0.05) is 18.8 Å². The highest BCUT2D eigenvalue weighted by atomic mass is 16.5. The lowest BCUT2D eigenvalue weighted by atomic mass is 10.2. The van der Waals surface area contributed by atoms with Crippen molar-refractivity contribution in [1.82, 2.24) is 14.5 Å². The number of anilines is 1. The van der Waals surface area contributed by atoms with E-state index in [4.69, 9.17) is 15.6 Å². The zero-order chi connectivity index (χ0) is 13.4. The van der Waals surface area contributed by atoms with Crippen molar-refractivity contribution in [2.24, 2.45) is 10.8 Å². The normalized spacial score (nSPS) is 14.0. The van der Waals surface area contributed by atoms with Gasteiger partial charge in [-0.2, -0.15) is 5.10 Å². The number of aromatic nitrogens is 3. The minimum Gasteiger partial charge on any atom is -0.394 e. The van der Waals surface area contributed by atoms with Crippen LogP contribution in [0.2, 0.25) is 0 Å². The van der Waals surface area contributed by atoms with E-state index < -0.39 is 0 Å². The summed E-state index contributed by atoms with van der Waals surface area (Å²) < 4.78 is 7.14. The Bertz CT molecular complexity index is 650. The molecule has 2 aromatic heterocycles. The lowest BCUT2D eigenvalue weighted by molar-refractivity contribution is 0.0501. The molecule has 0 unspecified atom stereocenters. The summed E-state index contributed by atoms with van der Waals surface area (Å²) in [6.45, 7) is 0.555. The molecule has 1 aliphatic rings. The molecule has 0 amide bonds. The van der Waals surface area contributed by atoms with Crippen LogP contribution in [0, 0.1) is 0 Å². The molecule has 0 aromatic carbocycles. The average molecular weight is 262 g/mol. The molecular formula is C11H14N6O2. The van der Waals surface area contributed by atoms with Crippen molar-refractivity contribution in [2.75, 3.05) is 25.3 Å². The van der Waals surface area contributed by atoms with Gasteiger partial charge in [0.2, 0.25) is 0 Å². The fraction of sp³-hybridized carbons (Fsp3) is 0.364. The average Bonchev–Trinajstić information content (AvgIpc) is 2.77. The molecule has 2 aromatic rings. The summed E-state index contributed by atoms with van der Waals surface area (Å²) in [6, 6.07) is 0. The second-order valence-electron chi connectivity index (χ2n) is 4.18. The van der Waals surface area contributed by atoms with Crippen molar-refractivity contribution in [1.29, 1.82) is 0 Å². The third-order valence-corrected chi connectivity index (χ3v) is 2.94. The summed E-state index contributed by atoms with van der Waals surface area (Å²) in [5, 5.41) is 15.4. The monoisotopic (exact) mass is 262 g/mol. The fourth-order valence-corrected chi connectivity index (χ4v) is 2.14. The molecule has 0 saturated heterocycles. The summed E-state index contributed by atoms with van der Waals surface area (Å²) in [4.78, 5) is 8.48. The summed E-state index contributed by atoms with van der Waals surface area (Å²) in [7, 11) is 1.79. The first kappa shape index (κ1) is 11.9. The molecule has 3 heterocycles. The van der Waals surface area contributed by atoms with Gasteiger partial charge in [-0.1, -0.05) is 0 Å². The SMILES string of the molecule is CN1N=C(N)c2cn(COCCO)c3ncnc1c23. The van der Waals surface area contributed by atoms with Gasteiger partial charge in [0.25, 0.3) is 0 Å². The van der Waals surface area contributed by atoms with Gasteiger partial charge >= 0.3 is 0 Å². The topological polar surface area (TPSA) is 102 Å². The van der Waals surface area contributed by atoms with Crippen molar-refractivity contribution in [2.45, 2.75) is 6.73 Å². The molecule has 100 valence electrons. The molecule has 8 nitrogen and oxygen atoms in total. The van der Waals surface area contributed by atoms with Crippen LogP contribution < -0.4 is 10.7 Å². The maximum absolute atomic E-state index is 8.73. The highest BCUT2D eigenvalue weighted by molar-refractivity contribution is 6.13. The zero-order valence-electron chi connectivity index (χ0n) is 10.4. The van der Waals surface area contributed by atoms with Crippen LogP contribution in [0.25, 0.3) is 11.0 Å². The molecule has 0 radical (unpaired) electrons. The molecule has 0 fully saturated rings. The molecule has 3 rings (SSSR count). The van der Waals surface area contributed by atoms with Gasteiger partial charge in [-0.25, -0.2) is 15.0 Å². The number of rotatable bonds is 4. The Labute approximate surface area is 109 Å². The Kier molecular flexibility index (Phi) is 2.80. The quantitative estimate of drug-likeness (QED) is 0.718. The van der Waals surface area contributed by atoms with Gasteiger partial charge in [0.1, 0.15) is 18.7 Å². The predicted octanol–water partition coefficient (Wildman–Crippen LogP) is -0.532. The summed E-state index contributed by atoms with van der Waals surface area (Å²) in [6.07, 6.45) is 3.32. The first-order chi connectivity index (χ1) is 9.22. The van der Waals surface area contributed by atoms with Gasteiger partial charge in [-0.05, 0) is 0 Å². The number of hydrogen-bond acceptors (Lipinski definition) is 7. The number of hydrazone groups is 1. The molecule has 3 N–H and O–H groups in total. The summed E-state index contributed by atoms with van der Waals surface area (Å²) in [5.41, 5.74) is 7.46. The van der Waals surface area contributed by atoms with E-state index in [1.807, 2.05) is 10.8 Å². The largest absolute Gasteiger partial charge is 0.394 e. The van der Waals surface area contributed by atoms with Crippen LogP contribution in [-0.4, -0.2) is 45.7 Å². The van der Waals surface area contributed by atoms with Crippen molar-refractivity contribution < 1.29 is 9.84 Å². The molecular weight excluding hydrogens is 248 g/mol. The lowest BCUT2D eigenvalue weighted by Crippen LogP contribution is -2.25. The Morgan fingerprint density at radius 1 is 1.42 bits per heavy atom. The van der Waals surface area contributed by atoms with Crippen LogP contribution in [-0.2, 0) is 11.5 Å². The van der Waals surface area contributed by atoms with Gasteiger partial charge in [-0.3, -0.25) is 0 Å². The molecule has 8 heteroatoms. The first-order valence-corrected chi connectivity index (χ1v) is 5.83. The number of aliphatic hydroxyl groups excluding tert-OH is 1. The Morgan fingerprint density at radius 3 is 3.05 bits per heavy atom. The maximum Gasteiger partial charge on any atom is 0.162 e. The molecule has 0 saturated carbocycles. The van der Waals surface area contributed by atoms with Gasteiger partial charge in [0.15, 0.2) is 11.7 Å². The number of amidine groups is 1. The molecule has 0 spiro atoms. The third kappa shape index (κ3) is 1.81. The Hall–Kier alpha value is -2.19. The van der Waals surface area contributed by atoms with Crippen molar-refractivity contribution in [3.63, 3.8) is 0 Å². The lowest BCUT2D eigenvalue weighted by Gasteiger charge is -2.18. The third-order valence-electron chi connectivity index (χ3n) is 2.94. The number of hydrogen-bond donors (Lipinski definition) is 2. The van der Waals surface area contributed by atoms with Gasteiger partial charge in [0.05, 0.1) is 18.6 Å². The van der Waals surface area contributed by atoms with E-state index in [-0.39, 0.29) is 13.2 Å². The number of aliphatic hydroxyl groups is 1. The van der Waals surface area contributed by atoms with E-state index in [2.05, 4.69) is 15.1 Å². The number of nitrogens with two attached hydrogens (primary N) is 1. The van der Waals surface area contributed by atoms with E-state index in [9.17, 15) is 0 Å². The van der Waals surface area contributed by atoms with Crippen LogP contribution in [0.3, 0.4) is 0 Å². The molecule has 19 heavy (non-hydrogen) atoms. The van der Waals surface area contributed by atoms with E-state index in [1.165, 1.54) is 6.33 Å². The molecule has 1 aliphatic heterocycles. The van der Waals surface area contributed by atoms with Crippen LogP contribution in [0.15, 0.2) is 17.6 Å². The highest BCUT2D eigenvalue weighted by Gasteiger charge is 2.23. The second-order valence-corrected chi connectivity index (χ2v) is 4.18. The zero-order valence-corrected chi connectivity index (χ0v) is 10.4. The van der Waals surface area contributed by atoms with Crippen LogP contribution in [0.4, 0.5) is 5.82 Å².